The summed E-state index contributed by atoms with van der Waals surface area (Å²) in [6.07, 6.45) is 7.93. The Labute approximate surface area is 207 Å². The van der Waals surface area contributed by atoms with Crippen LogP contribution in [0.25, 0.3) is 11.1 Å². The second kappa shape index (κ2) is 8.89. The molecule has 5 rings (SSSR count). The number of hydrogen-bond donors (Lipinski definition) is 2. The van der Waals surface area contributed by atoms with Gasteiger partial charge in [0.2, 0.25) is 5.91 Å². The number of benzene rings is 2. The predicted molar refractivity (Wildman–Crippen MR) is 136 cm³/mol. The van der Waals surface area contributed by atoms with Crippen molar-refractivity contribution in [2.45, 2.75) is 83.8 Å². The van der Waals surface area contributed by atoms with Gasteiger partial charge >= 0.3 is 6.09 Å². The molecule has 2 aromatic carbocycles. The van der Waals surface area contributed by atoms with Crippen LogP contribution in [0, 0.1) is 5.41 Å². The molecule has 2 fully saturated rings. The second-order valence-electron chi connectivity index (χ2n) is 11.6. The molecule has 2 aliphatic carbocycles. The van der Waals surface area contributed by atoms with E-state index in [0.29, 0.717) is 29.8 Å². The Morgan fingerprint density at radius 3 is 2.54 bits per heavy atom. The van der Waals surface area contributed by atoms with E-state index >= 15 is 0 Å². The maximum atomic E-state index is 13.2. The lowest BCUT2D eigenvalue weighted by atomic mass is 9.83. The van der Waals surface area contributed by atoms with Crippen LogP contribution in [-0.4, -0.2) is 40.2 Å². The Balaban J connectivity index is 1.35. The van der Waals surface area contributed by atoms with Gasteiger partial charge in [-0.2, -0.15) is 0 Å². The first-order chi connectivity index (χ1) is 16.6. The summed E-state index contributed by atoms with van der Waals surface area (Å²) in [7, 11) is 0. The van der Waals surface area contributed by atoms with Gasteiger partial charge in [-0.05, 0) is 105 Å². The summed E-state index contributed by atoms with van der Waals surface area (Å²) < 4.78 is 5.51. The number of aromatic hydroxyl groups is 1. The maximum Gasteiger partial charge on any atom is 0.410 e. The third-order valence-electron chi connectivity index (χ3n) is 7.80. The van der Waals surface area contributed by atoms with E-state index in [2.05, 4.69) is 11.4 Å². The summed E-state index contributed by atoms with van der Waals surface area (Å²) in [5.41, 5.74) is 4.92. The second-order valence-corrected chi connectivity index (χ2v) is 11.6. The summed E-state index contributed by atoms with van der Waals surface area (Å²) in [5.74, 6) is 0.215. The number of likely N-dealkylation sites (tertiary alicyclic amines) is 1. The fraction of sp³-hybridized carbons (Fsp3) is 0.517. The number of amides is 2. The van der Waals surface area contributed by atoms with Gasteiger partial charge < -0.3 is 15.2 Å². The van der Waals surface area contributed by atoms with E-state index < -0.39 is 17.7 Å². The molecule has 35 heavy (non-hydrogen) atoms. The van der Waals surface area contributed by atoms with E-state index in [1.54, 1.807) is 4.90 Å². The topological polar surface area (TPSA) is 78.9 Å². The fourth-order valence-corrected chi connectivity index (χ4v) is 6.21. The highest BCUT2D eigenvalue weighted by molar-refractivity contribution is 5.97. The first-order valence-electron chi connectivity index (χ1n) is 12.9. The van der Waals surface area contributed by atoms with Gasteiger partial charge in [-0.15, -0.1) is 0 Å². The Kier molecular flexibility index (Phi) is 6.02. The third-order valence-corrected chi connectivity index (χ3v) is 7.80. The summed E-state index contributed by atoms with van der Waals surface area (Å²) in [6, 6.07) is 11.2. The van der Waals surface area contributed by atoms with Crippen LogP contribution in [0.1, 0.15) is 70.4 Å². The Morgan fingerprint density at radius 2 is 1.80 bits per heavy atom. The fourth-order valence-electron chi connectivity index (χ4n) is 6.21. The van der Waals surface area contributed by atoms with Gasteiger partial charge in [0, 0.05) is 12.2 Å². The van der Waals surface area contributed by atoms with Crippen LogP contribution in [-0.2, 0) is 22.4 Å². The zero-order valence-corrected chi connectivity index (χ0v) is 21.0. The molecule has 2 amide bonds. The molecule has 0 aromatic heterocycles. The van der Waals surface area contributed by atoms with Gasteiger partial charge in [0.15, 0.2) is 0 Å². The number of anilines is 1. The summed E-state index contributed by atoms with van der Waals surface area (Å²) >= 11 is 0. The van der Waals surface area contributed by atoms with E-state index in [9.17, 15) is 14.7 Å². The van der Waals surface area contributed by atoms with Gasteiger partial charge in [-0.3, -0.25) is 9.69 Å². The smallest absolute Gasteiger partial charge is 0.410 e. The number of rotatable bonds is 3. The molecule has 1 saturated heterocycles. The highest BCUT2D eigenvalue weighted by Gasteiger charge is 2.42. The van der Waals surface area contributed by atoms with Crippen molar-refractivity contribution in [3.8, 4) is 16.9 Å². The molecular weight excluding hydrogens is 440 g/mol. The molecule has 1 aliphatic heterocycles. The highest BCUT2D eigenvalue weighted by atomic mass is 16.6. The van der Waals surface area contributed by atoms with Gasteiger partial charge in [0.05, 0.1) is 0 Å². The van der Waals surface area contributed by atoms with Crippen LogP contribution in [0.3, 0.4) is 0 Å². The predicted octanol–water partition coefficient (Wildman–Crippen LogP) is 6.06. The van der Waals surface area contributed by atoms with Gasteiger partial charge in [0.1, 0.15) is 17.4 Å². The minimum atomic E-state index is -0.601. The van der Waals surface area contributed by atoms with Crippen molar-refractivity contribution < 1.29 is 19.4 Å². The zero-order valence-electron chi connectivity index (χ0n) is 21.0. The van der Waals surface area contributed by atoms with Crippen LogP contribution < -0.4 is 5.32 Å². The van der Waals surface area contributed by atoms with Crippen molar-refractivity contribution in [3.63, 3.8) is 0 Å². The number of fused-ring (bicyclic) bond motifs is 1. The lowest BCUT2D eigenvalue weighted by Gasteiger charge is -2.28. The molecule has 1 atom stereocenters. The Bertz CT molecular complexity index is 1140. The monoisotopic (exact) mass is 476 g/mol. The summed E-state index contributed by atoms with van der Waals surface area (Å²) in [6.45, 7) is 6.01. The number of carbonyl (C=O) groups excluding carboxylic acids is 2. The number of phenolic OH excluding ortho intramolecular Hbond substituents is 1. The first-order valence-corrected chi connectivity index (χ1v) is 12.9. The van der Waals surface area contributed by atoms with Crippen LogP contribution in [0.5, 0.6) is 5.75 Å². The number of nitrogens with one attached hydrogen (secondary N) is 1. The lowest BCUT2D eigenvalue weighted by molar-refractivity contribution is -0.120. The molecule has 186 valence electrons. The minimum absolute atomic E-state index is 0.189. The summed E-state index contributed by atoms with van der Waals surface area (Å²) in [4.78, 5) is 27.3. The molecule has 1 unspecified atom stereocenters. The average Bonchev–Trinajstić information content (AvgIpc) is 3.53. The molecule has 6 nitrogen and oxygen atoms in total. The van der Waals surface area contributed by atoms with E-state index in [0.717, 1.165) is 36.0 Å². The molecule has 1 saturated carbocycles. The van der Waals surface area contributed by atoms with Crippen LogP contribution in [0.2, 0.25) is 0 Å². The molecule has 2 N–H and O–H groups in total. The van der Waals surface area contributed by atoms with E-state index in [4.69, 9.17) is 4.74 Å². The number of carbonyl (C=O) groups is 2. The SMILES string of the molecule is CC(C)(C)OC(=O)N1CCCC1C(=O)Nc1cccc(-c2ccc(O)c3c2CC2(CCCC2)C3)c1. The average molecular weight is 477 g/mol. The number of hydrogen-bond acceptors (Lipinski definition) is 4. The molecule has 1 spiro atoms. The van der Waals surface area contributed by atoms with Gasteiger partial charge in [0.25, 0.3) is 0 Å². The molecule has 1 heterocycles. The van der Waals surface area contributed by atoms with Crippen LogP contribution in [0.15, 0.2) is 36.4 Å². The van der Waals surface area contributed by atoms with Crippen LogP contribution >= 0.6 is 0 Å². The van der Waals surface area contributed by atoms with E-state index in [-0.39, 0.29) is 5.91 Å². The van der Waals surface area contributed by atoms with Gasteiger partial charge in [-0.25, -0.2) is 4.79 Å². The minimum Gasteiger partial charge on any atom is -0.508 e. The van der Waals surface area contributed by atoms with Crippen molar-refractivity contribution in [1.82, 2.24) is 4.90 Å². The van der Waals surface area contributed by atoms with Crippen molar-refractivity contribution in [3.05, 3.63) is 47.5 Å². The molecule has 3 aliphatic rings. The normalized spacial score (nSPS) is 20.8. The number of ether oxygens (including phenoxy) is 1. The standard InChI is InChI=1S/C29H36N2O4/c1-28(2,3)35-27(34)31-15-7-10-24(31)26(33)30-20-9-6-8-19(16-20)21-11-12-25(32)23-18-29(17-22(21)23)13-4-5-14-29/h6,8-9,11-12,16,24,32H,4-5,7,10,13-15,17-18H2,1-3H3,(H,30,33). The molecule has 0 bridgehead atoms. The molecule has 6 heteroatoms. The van der Waals surface area contributed by atoms with E-state index in [1.807, 2.05) is 51.1 Å². The van der Waals surface area contributed by atoms with Crippen molar-refractivity contribution in [2.24, 2.45) is 5.41 Å². The van der Waals surface area contributed by atoms with Crippen molar-refractivity contribution in [1.29, 1.82) is 0 Å². The van der Waals surface area contributed by atoms with Crippen molar-refractivity contribution >= 4 is 17.7 Å². The van der Waals surface area contributed by atoms with Crippen molar-refractivity contribution in [2.75, 3.05) is 11.9 Å². The van der Waals surface area contributed by atoms with Gasteiger partial charge in [-0.1, -0.05) is 31.0 Å². The quantitative estimate of drug-likeness (QED) is 0.565. The Hall–Kier alpha value is -3.02. The lowest BCUT2D eigenvalue weighted by Crippen LogP contribution is -2.45. The number of phenols is 1. The first kappa shape index (κ1) is 23.7. The molecule has 0 radical (unpaired) electrons. The number of nitrogens with zero attached hydrogens (tertiary/aromatic N) is 1. The van der Waals surface area contributed by atoms with Crippen LogP contribution in [0.4, 0.5) is 10.5 Å². The third kappa shape index (κ3) is 4.75. The molecule has 2 aromatic rings. The Morgan fingerprint density at radius 1 is 1.06 bits per heavy atom. The maximum absolute atomic E-state index is 13.2. The molecular formula is C29H36N2O4. The largest absolute Gasteiger partial charge is 0.508 e. The van der Waals surface area contributed by atoms with E-state index in [1.165, 1.54) is 31.2 Å². The zero-order chi connectivity index (χ0) is 24.8. The highest BCUT2D eigenvalue weighted by Crippen LogP contribution is 2.52. The summed E-state index contributed by atoms with van der Waals surface area (Å²) in [5, 5.41) is 13.6.